The van der Waals surface area contributed by atoms with E-state index in [2.05, 4.69) is 6.08 Å². The lowest BCUT2D eigenvalue weighted by atomic mass is 9.84. The van der Waals surface area contributed by atoms with Gasteiger partial charge in [0.2, 0.25) is 0 Å². The minimum absolute atomic E-state index is 0.101. The summed E-state index contributed by atoms with van der Waals surface area (Å²) >= 11 is 0. The number of hydrogen-bond donors (Lipinski definition) is 0. The molecule has 0 unspecified atom stereocenters. The molecule has 0 spiro atoms. The van der Waals surface area contributed by atoms with Crippen molar-refractivity contribution in [2.24, 2.45) is 0 Å². The topological polar surface area (TPSA) is 65.7 Å². The van der Waals surface area contributed by atoms with Crippen LogP contribution in [-0.2, 0) is 4.79 Å². The van der Waals surface area contributed by atoms with Crippen molar-refractivity contribution in [3.05, 3.63) is 57.5 Å². The van der Waals surface area contributed by atoms with Crippen LogP contribution in [0, 0.1) is 0 Å². The third-order valence-electron chi connectivity index (χ3n) is 5.82. The second kappa shape index (κ2) is 8.50. The molecular formula is C25H30O5. The van der Waals surface area contributed by atoms with Crippen LogP contribution >= 0.6 is 0 Å². The van der Waals surface area contributed by atoms with Crippen molar-refractivity contribution in [3.63, 3.8) is 0 Å². The molecule has 1 aliphatic rings. The third kappa shape index (κ3) is 4.35. The van der Waals surface area contributed by atoms with E-state index in [0.29, 0.717) is 29.1 Å². The Labute approximate surface area is 177 Å². The predicted molar refractivity (Wildman–Crippen MR) is 119 cm³/mol. The highest BCUT2D eigenvalue weighted by atomic mass is 16.5. The van der Waals surface area contributed by atoms with Gasteiger partial charge in [-0.2, -0.15) is 0 Å². The van der Waals surface area contributed by atoms with Gasteiger partial charge < -0.3 is 13.9 Å². The summed E-state index contributed by atoms with van der Waals surface area (Å²) in [5.74, 6) is 1.25. The maximum absolute atomic E-state index is 12.7. The monoisotopic (exact) mass is 410 g/mol. The summed E-state index contributed by atoms with van der Waals surface area (Å²) in [6, 6.07) is 5.41. The molecule has 2 atom stereocenters. The first-order valence-corrected chi connectivity index (χ1v) is 10.3. The van der Waals surface area contributed by atoms with Gasteiger partial charge in [-0.15, -0.1) is 0 Å². The third-order valence-corrected chi connectivity index (χ3v) is 5.82. The van der Waals surface area contributed by atoms with Crippen LogP contribution in [0.25, 0.3) is 11.0 Å². The molecule has 1 aromatic carbocycles. The van der Waals surface area contributed by atoms with Crippen LogP contribution in [0.5, 0.6) is 11.5 Å². The Kier molecular flexibility index (Phi) is 6.20. The molecule has 0 radical (unpaired) electrons. The standard InChI is InChI=1S/C25H30O5/c1-15(2)12-18(26)13-16(3)8-7-11-25(5)17(4)22-23(30-25)20-10-9-19(28-6)14-21(20)29-24(22)27/h8-10,12,14,17H,7,11,13H2,1-6H3/t17-,25+/m0/s1. The van der Waals surface area contributed by atoms with Gasteiger partial charge in [0.25, 0.3) is 0 Å². The van der Waals surface area contributed by atoms with Crippen LogP contribution in [0.4, 0.5) is 0 Å². The predicted octanol–water partition coefficient (Wildman–Crippen LogP) is 5.71. The minimum atomic E-state index is -0.522. The van der Waals surface area contributed by atoms with Gasteiger partial charge in [-0.25, -0.2) is 4.79 Å². The minimum Gasteiger partial charge on any atom is -0.497 e. The Hall–Kier alpha value is -2.82. The first-order chi connectivity index (χ1) is 14.1. The number of allylic oxidation sites excluding steroid dienone is 4. The largest absolute Gasteiger partial charge is 0.497 e. The molecule has 5 nitrogen and oxygen atoms in total. The molecule has 0 saturated carbocycles. The Morgan fingerprint density at radius 3 is 2.67 bits per heavy atom. The molecular weight excluding hydrogens is 380 g/mol. The molecule has 0 saturated heterocycles. The Morgan fingerprint density at radius 2 is 2.00 bits per heavy atom. The van der Waals surface area contributed by atoms with E-state index in [0.717, 1.165) is 29.4 Å². The van der Waals surface area contributed by atoms with E-state index in [1.807, 2.05) is 46.8 Å². The van der Waals surface area contributed by atoms with E-state index in [1.165, 1.54) is 0 Å². The fourth-order valence-electron chi connectivity index (χ4n) is 4.00. The zero-order valence-electron chi connectivity index (χ0n) is 18.6. The second-order valence-corrected chi connectivity index (χ2v) is 8.58. The summed E-state index contributed by atoms with van der Waals surface area (Å²) < 4.78 is 17.2. The van der Waals surface area contributed by atoms with E-state index >= 15 is 0 Å². The Balaban J connectivity index is 1.80. The molecule has 0 aliphatic carbocycles. The highest BCUT2D eigenvalue weighted by molar-refractivity contribution is 5.91. The lowest BCUT2D eigenvalue weighted by Gasteiger charge is -2.28. The summed E-state index contributed by atoms with van der Waals surface area (Å²) in [6.07, 6.45) is 5.69. The van der Waals surface area contributed by atoms with Crippen LogP contribution in [0.15, 0.2) is 50.7 Å². The van der Waals surface area contributed by atoms with Crippen LogP contribution in [0.1, 0.15) is 65.4 Å². The molecule has 30 heavy (non-hydrogen) atoms. The Morgan fingerprint density at radius 1 is 1.27 bits per heavy atom. The van der Waals surface area contributed by atoms with Crippen molar-refractivity contribution >= 4 is 16.8 Å². The van der Waals surface area contributed by atoms with E-state index < -0.39 is 5.60 Å². The lowest BCUT2D eigenvalue weighted by Crippen LogP contribution is -2.33. The van der Waals surface area contributed by atoms with E-state index in [1.54, 1.807) is 19.3 Å². The maximum Gasteiger partial charge on any atom is 0.343 e. The number of fused-ring (bicyclic) bond motifs is 3. The zero-order chi connectivity index (χ0) is 22.1. The summed E-state index contributed by atoms with van der Waals surface area (Å²) in [5.41, 5.74) is 2.22. The van der Waals surface area contributed by atoms with E-state index in [9.17, 15) is 9.59 Å². The lowest BCUT2D eigenvalue weighted by molar-refractivity contribution is -0.114. The average molecular weight is 411 g/mol. The molecule has 0 fully saturated rings. The number of hydrogen-bond acceptors (Lipinski definition) is 5. The van der Waals surface area contributed by atoms with Crippen molar-refractivity contribution in [2.45, 2.75) is 65.4 Å². The normalized spacial score (nSPS) is 20.6. The zero-order valence-corrected chi connectivity index (χ0v) is 18.6. The number of rotatable bonds is 7. The van der Waals surface area contributed by atoms with Crippen LogP contribution in [-0.4, -0.2) is 18.5 Å². The number of ketones is 1. The second-order valence-electron chi connectivity index (χ2n) is 8.58. The molecule has 0 N–H and O–H groups in total. The van der Waals surface area contributed by atoms with Gasteiger partial charge in [-0.3, -0.25) is 4.79 Å². The Bertz CT molecular complexity index is 1080. The molecule has 0 bridgehead atoms. The highest BCUT2D eigenvalue weighted by Crippen LogP contribution is 2.48. The maximum atomic E-state index is 12.7. The van der Waals surface area contributed by atoms with Crippen molar-refractivity contribution in [1.29, 1.82) is 0 Å². The average Bonchev–Trinajstić information content (AvgIpc) is 2.92. The first-order valence-electron chi connectivity index (χ1n) is 10.3. The smallest absolute Gasteiger partial charge is 0.343 e. The summed E-state index contributed by atoms with van der Waals surface area (Å²) in [7, 11) is 1.57. The van der Waals surface area contributed by atoms with Gasteiger partial charge in [0, 0.05) is 18.4 Å². The molecule has 1 aromatic heterocycles. The van der Waals surface area contributed by atoms with Crippen LogP contribution in [0.2, 0.25) is 0 Å². The molecule has 3 rings (SSSR count). The molecule has 1 aliphatic heterocycles. The number of benzene rings is 1. The quantitative estimate of drug-likeness (QED) is 0.332. The summed E-state index contributed by atoms with van der Waals surface area (Å²) in [6.45, 7) is 9.86. The number of carbonyl (C=O) groups excluding carboxylic acids is 1. The van der Waals surface area contributed by atoms with Crippen molar-refractivity contribution in [3.8, 4) is 11.5 Å². The van der Waals surface area contributed by atoms with E-state index in [4.69, 9.17) is 13.9 Å². The molecule has 0 amide bonds. The number of carbonyl (C=O) groups is 1. The SMILES string of the molecule is COc1ccc2c3c(c(=O)oc2c1)[C@H](C)[C@@](C)(CCC=C(C)CC(=O)C=C(C)C)O3. The fraction of sp³-hybridized carbons (Fsp3) is 0.440. The summed E-state index contributed by atoms with van der Waals surface area (Å²) in [4.78, 5) is 24.6. The summed E-state index contributed by atoms with van der Waals surface area (Å²) in [5, 5.41) is 0.778. The van der Waals surface area contributed by atoms with Crippen LogP contribution < -0.4 is 15.1 Å². The van der Waals surface area contributed by atoms with Crippen molar-refractivity contribution in [2.75, 3.05) is 7.11 Å². The molecule has 5 heteroatoms. The van der Waals surface area contributed by atoms with Gasteiger partial charge in [0.15, 0.2) is 5.78 Å². The molecule has 2 heterocycles. The number of methoxy groups -OCH3 is 1. The van der Waals surface area contributed by atoms with Gasteiger partial charge >= 0.3 is 5.63 Å². The number of ether oxygens (including phenoxy) is 2. The van der Waals surface area contributed by atoms with E-state index in [-0.39, 0.29) is 17.3 Å². The van der Waals surface area contributed by atoms with Gasteiger partial charge in [0.1, 0.15) is 22.7 Å². The van der Waals surface area contributed by atoms with Crippen molar-refractivity contribution in [1.82, 2.24) is 0 Å². The van der Waals surface area contributed by atoms with Gasteiger partial charge in [0.05, 0.1) is 18.1 Å². The first kappa shape index (κ1) is 21.9. The molecule has 160 valence electrons. The van der Waals surface area contributed by atoms with Gasteiger partial charge in [-0.05, 0) is 58.7 Å². The highest BCUT2D eigenvalue weighted by Gasteiger charge is 2.44. The molecule has 2 aromatic rings. The van der Waals surface area contributed by atoms with Crippen molar-refractivity contribution < 1.29 is 18.7 Å². The fourth-order valence-corrected chi connectivity index (χ4v) is 4.00. The van der Waals surface area contributed by atoms with Gasteiger partial charge in [-0.1, -0.05) is 24.1 Å². The van der Waals surface area contributed by atoms with Crippen LogP contribution in [0.3, 0.4) is 0 Å².